The fourth-order valence-corrected chi connectivity index (χ4v) is 2.40. The van der Waals surface area contributed by atoms with E-state index >= 15 is 0 Å². The van der Waals surface area contributed by atoms with Gasteiger partial charge in [-0.1, -0.05) is 18.2 Å². The monoisotopic (exact) mass is 312 g/mol. The van der Waals surface area contributed by atoms with Gasteiger partial charge in [-0.15, -0.1) is 0 Å². The number of aryl methyl sites for hydroxylation is 3. The molecule has 0 spiro atoms. The van der Waals surface area contributed by atoms with E-state index in [1.54, 1.807) is 6.92 Å². The number of hydrogen-bond donors (Lipinski definition) is 2. The minimum absolute atomic E-state index is 0.154. The highest BCUT2D eigenvalue weighted by Gasteiger charge is 2.08. The number of amides is 1. The highest BCUT2D eigenvalue weighted by Crippen LogP contribution is 2.27. The fourth-order valence-electron chi connectivity index (χ4n) is 2.40. The summed E-state index contributed by atoms with van der Waals surface area (Å²) in [5.41, 5.74) is 9.92. The van der Waals surface area contributed by atoms with Crippen molar-refractivity contribution in [1.29, 1.82) is 0 Å². The third-order valence-electron chi connectivity index (χ3n) is 3.54. The summed E-state index contributed by atoms with van der Waals surface area (Å²) >= 11 is 0. The maximum Gasteiger partial charge on any atom is 0.236 e. The zero-order valence-corrected chi connectivity index (χ0v) is 14.1. The number of rotatable bonds is 5. The van der Waals surface area contributed by atoms with E-state index in [9.17, 15) is 4.79 Å². The van der Waals surface area contributed by atoms with E-state index in [0.29, 0.717) is 6.54 Å². The van der Waals surface area contributed by atoms with Crippen molar-refractivity contribution in [3.8, 4) is 11.5 Å². The van der Waals surface area contributed by atoms with Crippen LogP contribution in [0.3, 0.4) is 0 Å². The Hall–Kier alpha value is -2.33. The molecule has 2 aromatic carbocycles. The zero-order valence-electron chi connectivity index (χ0n) is 14.1. The first-order valence-electron chi connectivity index (χ1n) is 7.74. The van der Waals surface area contributed by atoms with Crippen LogP contribution in [0.25, 0.3) is 0 Å². The van der Waals surface area contributed by atoms with Crippen molar-refractivity contribution >= 4 is 5.91 Å². The molecule has 2 aromatic rings. The second-order valence-corrected chi connectivity index (χ2v) is 6.03. The molecule has 0 heterocycles. The van der Waals surface area contributed by atoms with Crippen molar-refractivity contribution in [3.63, 3.8) is 0 Å². The largest absolute Gasteiger partial charge is 0.457 e. The maximum absolute atomic E-state index is 11.5. The van der Waals surface area contributed by atoms with Crippen molar-refractivity contribution in [2.45, 2.75) is 40.3 Å². The molecule has 2 rings (SSSR count). The molecule has 0 aliphatic heterocycles. The summed E-state index contributed by atoms with van der Waals surface area (Å²) in [5, 5.41) is 2.80. The third kappa shape index (κ3) is 4.83. The van der Waals surface area contributed by atoms with E-state index in [0.717, 1.165) is 22.6 Å². The standard InChI is InChI=1S/C19H24N2O2/c1-12-7-13(2)9-17(8-12)23-18-6-5-16(10-14(18)3)11-21-19(22)15(4)20/h5-10,15H,11,20H2,1-4H3,(H,21,22)/t15-/m0/s1. The summed E-state index contributed by atoms with van der Waals surface area (Å²) in [6.07, 6.45) is 0. The summed E-state index contributed by atoms with van der Waals surface area (Å²) in [4.78, 5) is 11.5. The number of benzene rings is 2. The van der Waals surface area contributed by atoms with E-state index in [-0.39, 0.29) is 5.91 Å². The van der Waals surface area contributed by atoms with E-state index in [4.69, 9.17) is 10.5 Å². The lowest BCUT2D eigenvalue weighted by molar-refractivity contribution is -0.122. The second kappa shape index (κ2) is 7.29. The maximum atomic E-state index is 11.5. The van der Waals surface area contributed by atoms with Gasteiger partial charge in [-0.2, -0.15) is 0 Å². The lowest BCUT2D eigenvalue weighted by atomic mass is 10.1. The van der Waals surface area contributed by atoms with Crippen LogP contribution in [-0.4, -0.2) is 11.9 Å². The molecule has 0 bridgehead atoms. The normalized spacial score (nSPS) is 11.9. The quantitative estimate of drug-likeness (QED) is 0.889. The predicted octanol–water partition coefficient (Wildman–Crippen LogP) is 3.37. The number of hydrogen-bond acceptors (Lipinski definition) is 3. The minimum atomic E-state index is -0.497. The molecule has 0 radical (unpaired) electrons. The van der Waals surface area contributed by atoms with Crippen LogP contribution in [0.2, 0.25) is 0 Å². The fraction of sp³-hybridized carbons (Fsp3) is 0.316. The Bertz CT molecular complexity index is 688. The Morgan fingerprint density at radius 1 is 1.13 bits per heavy atom. The number of ether oxygens (including phenoxy) is 1. The molecule has 0 aliphatic carbocycles. The highest BCUT2D eigenvalue weighted by molar-refractivity contribution is 5.80. The third-order valence-corrected chi connectivity index (χ3v) is 3.54. The molecule has 0 saturated heterocycles. The molecule has 0 unspecified atom stereocenters. The molecule has 23 heavy (non-hydrogen) atoms. The molecule has 0 fully saturated rings. The van der Waals surface area contributed by atoms with Crippen molar-refractivity contribution in [1.82, 2.24) is 5.32 Å². The van der Waals surface area contributed by atoms with Gasteiger partial charge < -0.3 is 15.8 Å². The van der Waals surface area contributed by atoms with Crippen LogP contribution in [0, 0.1) is 20.8 Å². The highest BCUT2D eigenvalue weighted by atomic mass is 16.5. The first-order valence-corrected chi connectivity index (χ1v) is 7.74. The zero-order chi connectivity index (χ0) is 17.0. The van der Waals surface area contributed by atoms with Gasteiger partial charge in [-0.3, -0.25) is 4.79 Å². The molecule has 122 valence electrons. The van der Waals surface area contributed by atoms with Crippen LogP contribution in [0.1, 0.15) is 29.2 Å². The molecule has 1 amide bonds. The van der Waals surface area contributed by atoms with Crippen LogP contribution >= 0.6 is 0 Å². The second-order valence-electron chi connectivity index (χ2n) is 6.03. The number of nitrogens with one attached hydrogen (secondary N) is 1. The average Bonchev–Trinajstić information content (AvgIpc) is 2.46. The first-order chi connectivity index (χ1) is 10.8. The summed E-state index contributed by atoms with van der Waals surface area (Å²) in [6, 6.07) is 11.5. The van der Waals surface area contributed by atoms with Gasteiger partial charge in [0.05, 0.1) is 6.04 Å². The van der Waals surface area contributed by atoms with Gasteiger partial charge in [0.1, 0.15) is 11.5 Å². The van der Waals surface area contributed by atoms with Gasteiger partial charge in [0.2, 0.25) is 5.91 Å². The Balaban J connectivity index is 2.08. The minimum Gasteiger partial charge on any atom is -0.457 e. The van der Waals surface area contributed by atoms with Crippen molar-refractivity contribution in [2.75, 3.05) is 0 Å². The van der Waals surface area contributed by atoms with Crippen molar-refractivity contribution in [2.24, 2.45) is 5.73 Å². The Labute approximate surface area is 137 Å². The Kier molecular flexibility index (Phi) is 5.40. The number of carbonyl (C=O) groups is 1. The molecular formula is C19H24N2O2. The lowest BCUT2D eigenvalue weighted by Crippen LogP contribution is -2.37. The molecule has 0 aliphatic rings. The Morgan fingerprint density at radius 3 is 2.35 bits per heavy atom. The van der Waals surface area contributed by atoms with Gasteiger partial charge in [0, 0.05) is 6.54 Å². The molecule has 0 aromatic heterocycles. The van der Waals surface area contributed by atoms with Crippen LogP contribution in [-0.2, 0) is 11.3 Å². The van der Waals surface area contributed by atoms with Crippen molar-refractivity contribution < 1.29 is 9.53 Å². The van der Waals surface area contributed by atoms with Gasteiger partial charge in [0.15, 0.2) is 0 Å². The van der Waals surface area contributed by atoms with Gasteiger partial charge in [-0.25, -0.2) is 0 Å². The Morgan fingerprint density at radius 2 is 1.78 bits per heavy atom. The average molecular weight is 312 g/mol. The molecule has 0 saturated carbocycles. The van der Waals surface area contributed by atoms with E-state index < -0.39 is 6.04 Å². The van der Waals surface area contributed by atoms with Crippen LogP contribution in [0.5, 0.6) is 11.5 Å². The molecule has 1 atom stereocenters. The van der Waals surface area contributed by atoms with E-state index in [1.807, 2.05) is 37.3 Å². The van der Waals surface area contributed by atoms with Crippen molar-refractivity contribution in [3.05, 3.63) is 58.7 Å². The first kappa shape index (κ1) is 17.0. The van der Waals surface area contributed by atoms with Gasteiger partial charge in [-0.05, 0) is 68.1 Å². The number of carbonyl (C=O) groups excluding carboxylic acids is 1. The summed E-state index contributed by atoms with van der Waals surface area (Å²) < 4.78 is 5.98. The topological polar surface area (TPSA) is 64.3 Å². The lowest BCUT2D eigenvalue weighted by Gasteiger charge is -2.12. The molecule has 4 nitrogen and oxygen atoms in total. The van der Waals surface area contributed by atoms with Crippen LogP contribution in [0.15, 0.2) is 36.4 Å². The predicted molar refractivity (Wildman–Crippen MR) is 92.7 cm³/mol. The van der Waals surface area contributed by atoms with Crippen LogP contribution < -0.4 is 15.8 Å². The molecule has 4 heteroatoms. The summed E-state index contributed by atoms with van der Waals surface area (Å²) in [5.74, 6) is 1.50. The number of nitrogens with two attached hydrogens (primary N) is 1. The molecule has 3 N–H and O–H groups in total. The van der Waals surface area contributed by atoms with Gasteiger partial charge in [0.25, 0.3) is 0 Å². The SMILES string of the molecule is Cc1cc(C)cc(Oc2ccc(CNC(=O)[C@H](C)N)cc2C)c1. The summed E-state index contributed by atoms with van der Waals surface area (Å²) in [6.45, 7) is 8.23. The van der Waals surface area contributed by atoms with Crippen LogP contribution in [0.4, 0.5) is 0 Å². The van der Waals surface area contributed by atoms with E-state index in [1.165, 1.54) is 11.1 Å². The van der Waals surface area contributed by atoms with Gasteiger partial charge >= 0.3 is 0 Å². The summed E-state index contributed by atoms with van der Waals surface area (Å²) in [7, 11) is 0. The smallest absolute Gasteiger partial charge is 0.236 e. The van der Waals surface area contributed by atoms with E-state index in [2.05, 4.69) is 25.2 Å². The molecular weight excluding hydrogens is 288 g/mol.